The molecule has 104 valence electrons. The molecule has 0 aromatic carbocycles. The van der Waals surface area contributed by atoms with E-state index in [1.165, 1.54) is 20.7 Å². The van der Waals surface area contributed by atoms with E-state index in [1.807, 2.05) is 30.6 Å². The van der Waals surface area contributed by atoms with Crippen molar-refractivity contribution in [1.82, 2.24) is 14.9 Å². The van der Waals surface area contributed by atoms with E-state index >= 15 is 0 Å². The maximum absolute atomic E-state index is 4.55. The molecule has 3 rings (SSSR count). The summed E-state index contributed by atoms with van der Waals surface area (Å²) in [7, 11) is 1.98. The van der Waals surface area contributed by atoms with E-state index in [-0.39, 0.29) is 0 Å². The highest BCUT2D eigenvalue weighted by atomic mass is 32.1. The summed E-state index contributed by atoms with van der Waals surface area (Å²) in [4.78, 5) is 7.38. The van der Waals surface area contributed by atoms with Crippen LogP contribution >= 0.6 is 11.3 Å². The van der Waals surface area contributed by atoms with Gasteiger partial charge in [-0.1, -0.05) is 6.92 Å². The topological polar surface area (TPSA) is 29.9 Å². The van der Waals surface area contributed by atoms with Gasteiger partial charge < -0.3 is 9.88 Å². The molecule has 0 fully saturated rings. The van der Waals surface area contributed by atoms with Gasteiger partial charge in [0.15, 0.2) is 0 Å². The van der Waals surface area contributed by atoms with E-state index in [1.54, 1.807) is 0 Å². The van der Waals surface area contributed by atoms with Crippen molar-refractivity contribution in [3.05, 3.63) is 52.0 Å². The molecule has 0 aliphatic rings. The van der Waals surface area contributed by atoms with Crippen LogP contribution in [0.5, 0.6) is 0 Å². The lowest BCUT2D eigenvalue weighted by Crippen LogP contribution is -2.04. The fraction of sp³-hybridized carbons (Fsp3) is 0.312. The minimum absolute atomic E-state index is 0.875. The number of aromatic nitrogens is 2. The molecule has 0 radical (unpaired) electrons. The molecule has 3 aromatic rings. The van der Waals surface area contributed by atoms with Gasteiger partial charge in [-0.2, -0.15) is 0 Å². The van der Waals surface area contributed by atoms with Gasteiger partial charge in [0.05, 0.1) is 6.54 Å². The summed E-state index contributed by atoms with van der Waals surface area (Å²) in [6, 6.07) is 8.62. The predicted molar refractivity (Wildman–Crippen MR) is 85.3 cm³/mol. The van der Waals surface area contributed by atoms with Crippen molar-refractivity contribution in [2.24, 2.45) is 0 Å². The van der Waals surface area contributed by atoms with Crippen molar-refractivity contribution in [2.75, 3.05) is 7.05 Å². The molecule has 0 aliphatic carbocycles. The predicted octanol–water partition coefficient (Wildman–Crippen LogP) is 3.43. The molecular weight excluding hydrogens is 266 g/mol. The van der Waals surface area contributed by atoms with Crippen LogP contribution in [0.1, 0.15) is 22.2 Å². The van der Waals surface area contributed by atoms with Gasteiger partial charge >= 0.3 is 0 Å². The van der Waals surface area contributed by atoms with E-state index in [2.05, 4.69) is 46.2 Å². The number of pyridine rings is 1. The molecule has 0 saturated heterocycles. The Morgan fingerprint density at radius 3 is 2.85 bits per heavy atom. The molecule has 3 heterocycles. The molecule has 1 N–H and O–H groups in total. The standard InChI is InChI=1S/C16H19N3S/c1-3-13-6-7-14(20-13)11-19-10-12(9-17-2)15-5-4-8-18-16(15)19/h4-8,10,17H,3,9,11H2,1-2H3. The number of nitrogens with one attached hydrogen (secondary N) is 1. The first-order valence-corrected chi connectivity index (χ1v) is 7.78. The maximum atomic E-state index is 4.55. The zero-order valence-electron chi connectivity index (χ0n) is 11.9. The van der Waals surface area contributed by atoms with Crippen LogP contribution in [-0.2, 0) is 19.5 Å². The second-order valence-corrected chi connectivity index (χ2v) is 6.16. The Hall–Kier alpha value is -1.65. The summed E-state index contributed by atoms with van der Waals surface area (Å²) < 4.78 is 2.26. The Kier molecular flexibility index (Phi) is 3.85. The number of nitrogens with zero attached hydrogens (tertiary/aromatic N) is 2. The average Bonchev–Trinajstić information content (AvgIpc) is 3.06. The SMILES string of the molecule is CCc1ccc(Cn2cc(CNC)c3cccnc32)s1. The molecule has 3 aromatic heterocycles. The molecular formula is C16H19N3S. The molecule has 0 saturated carbocycles. The molecule has 0 atom stereocenters. The average molecular weight is 285 g/mol. The molecule has 0 amide bonds. The maximum Gasteiger partial charge on any atom is 0.140 e. The van der Waals surface area contributed by atoms with Gasteiger partial charge in [0.1, 0.15) is 5.65 Å². The van der Waals surface area contributed by atoms with Crippen LogP contribution in [0.25, 0.3) is 11.0 Å². The number of hydrogen-bond donors (Lipinski definition) is 1. The quantitative estimate of drug-likeness (QED) is 0.778. The Morgan fingerprint density at radius 2 is 2.10 bits per heavy atom. The van der Waals surface area contributed by atoms with E-state index in [0.717, 1.165) is 25.2 Å². The second-order valence-electron chi connectivity index (χ2n) is 4.91. The number of hydrogen-bond acceptors (Lipinski definition) is 3. The summed E-state index contributed by atoms with van der Waals surface area (Å²) in [5.74, 6) is 0. The van der Waals surface area contributed by atoms with Gasteiger partial charge in [0.25, 0.3) is 0 Å². The third kappa shape index (κ3) is 2.49. The van der Waals surface area contributed by atoms with Crippen LogP contribution < -0.4 is 5.32 Å². The zero-order chi connectivity index (χ0) is 13.9. The summed E-state index contributed by atoms with van der Waals surface area (Å²) in [5.41, 5.74) is 2.38. The highest BCUT2D eigenvalue weighted by molar-refractivity contribution is 7.11. The fourth-order valence-electron chi connectivity index (χ4n) is 2.51. The number of rotatable bonds is 5. The molecule has 4 heteroatoms. The molecule has 0 spiro atoms. The first kappa shape index (κ1) is 13.3. The number of fused-ring (bicyclic) bond motifs is 1. The number of aryl methyl sites for hydroxylation is 1. The normalized spacial score (nSPS) is 11.3. The largest absolute Gasteiger partial charge is 0.327 e. The highest BCUT2D eigenvalue weighted by Crippen LogP contribution is 2.23. The van der Waals surface area contributed by atoms with Crippen LogP contribution in [0, 0.1) is 0 Å². The van der Waals surface area contributed by atoms with Crippen LogP contribution in [0.4, 0.5) is 0 Å². The first-order valence-electron chi connectivity index (χ1n) is 6.96. The van der Waals surface area contributed by atoms with E-state index in [0.29, 0.717) is 0 Å². The van der Waals surface area contributed by atoms with Gasteiger partial charge in [-0.3, -0.25) is 0 Å². The summed E-state index contributed by atoms with van der Waals surface area (Å²) in [6.45, 7) is 3.98. The molecule has 3 nitrogen and oxygen atoms in total. The Labute approximate surface area is 123 Å². The van der Waals surface area contributed by atoms with Crippen LogP contribution in [0.3, 0.4) is 0 Å². The number of thiophene rings is 1. The Morgan fingerprint density at radius 1 is 1.25 bits per heavy atom. The molecule has 0 bridgehead atoms. The van der Waals surface area contributed by atoms with E-state index in [9.17, 15) is 0 Å². The first-order chi connectivity index (χ1) is 9.81. The lowest BCUT2D eigenvalue weighted by Gasteiger charge is -2.01. The minimum atomic E-state index is 0.875. The Balaban J connectivity index is 1.98. The second kappa shape index (κ2) is 5.77. The van der Waals surface area contributed by atoms with Crippen molar-refractivity contribution < 1.29 is 0 Å². The summed E-state index contributed by atoms with van der Waals surface area (Å²) in [6.07, 6.45) is 5.20. The summed E-state index contributed by atoms with van der Waals surface area (Å²) in [5, 5.41) is 4.47. The monoisotopic (exact) mass is 285 g/mol. The lowest BCUT2D eigenvalue weighted by atomic mass is 10.2. The van der Waals surface area contributed by atoms with Crippen LogP contribution in [0.2, 0.25) is 0 Å². The van der Waals surface area contributed by atoms with Crippen molar-refractivity contribution in [2.45, 2.75) is 26.4 Å². The smallest absolute Gasteiger partial charge is 0.140 e. The molecule has 20 heavy (non-hydrogen) atoms. The van der Waals surface area contributed by atoms with Crippen molar-refractivity contribution in [3.63, 3.8) is 0 Å². The zero-order valence-corrected chi connectivity index (χ0v) is 12.7. The lowest BCUT2D eigenvalue weighted by molar-refractivity contribution is 0.797. The van der Waals surface area contributed by atoms with Gasteiger partial charge in [0.2, 0.25) is 0 Å². The third-order valence-electron chi connectivity index (χ3n) is 3.48. The van der Waals surface area contributed by atoms with Crippen molar-refractivity contribution in [1.29, 1.82) is 0 Å². The Bertz CT molecular complexity index is 711. The van der Waals surface area contributed by atoms with Crippen molar-refractivity contribution >= 4 is 22.4 Å². The van der Waals surface area contributed by atoms with E-state index < -0.39 is 0 Å². The minimum Gasteiger partial charge on any atom is -0.327 e. The summed E-state index contributed by atoms with van der Waals surface area (Å²) >= 11 is 1.89. The van der Waals surface area contributed by atoms with E-state index in [4.69, 9.17) is 0 Å². The molecule has 0 unspecified atom stereocenters. The fourth-order valence-corrected chi connectivity index (χ4v) is 3.47. The molecule has 0 aliphatic heterocycles. The van der Waals surface area contributed by atoms with Crippen LogP contribution in [0.15, 0.2) is 36.7 Å². The van der Waals surface area contributed by atoms with Gasteiger partial charge in [-0.15, -0.1) is 11.3 Å². The van der Waals surface area contributed by atoms with Gasteiger partial charge in [-0.25, -0.2) is 4.98 Å². The van der Waals surface area contributed by atoms with Crippen LogP contribution in [-0.4, -0.2) is 16.6 Å². The third-order valence-corrected chi connectivity index (χ3v) is 4.69. The van der Waals surface area contributed by atoms with Gasteiger partial charge in [0, 0.05) is 34.1 Å². The highest BCUT2D eigenvalue weighted by Gasteiger charge is 2.09. The van der Waals surface area contributed by atoms with Crippen molar-refractivity contribution in [3.8, 4) is 0 Å². The van der Waals surface area contributed by atoms with Gasteiger partial charge in [-0.05, 0) is 43.3 Å².